The lowest BCUT2D eigenvalue weighted by Gasteiger charge is -2.30. The molecule has 1 amide bonds. The van der Waals surface area contributed by atoms with Crippen molar-refractivity contribution in [3.05, 3.63) is 65.2 Å². The van der Waals surface area contributed by atoms with Crippen molar-refractivity contribution in [2.75, 3.05) is 0 Å². The second-order valence-corrected chi connectivity index (χ2v) is 9.02. The lowest BCUT2D eigenvalue weighted by molar-refractivity contribution is -0.128. The van der Waals surface area contributed by atoms with Gasteiger partial charge < -0.3 is 10.1 Å². The number of nitrogens with one attached hydrogen (secondary N) is 1. The summed E-state index contributed by atoms with van der Waals surface area (Å²) in [5.41, 5.74) is 4.09. The first-order chi connectivity index (χ1) is 13.9. The lowest BCUT2D eigenvalue weighted by atomic mass is 9.79. The molecule has 1 N–H and O–H groups in total. The van der Waals surface area contributed by atoms with Crippen molar-refractivity contribution < 1.29 is 9.53 Å². The Kier molecular flexibility index (Phi) is 7.00. The summed E-state index contributed by atoms with van der Waals surface area (Å²) in [6.07, 6.45) is 5.84. The van der Waals surface area contributed by atoms with E-state index in [9.17, 15) is 4.79 Å². The Morgan fingerprint density at radius 2 is 1.76 bits per heavy atom. The minimum Gasteiger partial charge on any atom is -0.481 e. The molecule has 0 aliphatic heterocycles. The van der Waals surface area contributed by atoms with Crippen molar-refractivity contribution >= 4 is 5.91 Å². The van der Waals surface area contributed by atoms with Crippen molar-refractivity contribution in [2.24, 2.45) is 0 Å². The first-order valence-corrected chi connectivity index (χ1v) is 11.0. The molecule has 0 heterocycles. The highest BCUT2D eigenvalue weighted by molar-refractivity contribution is 5.81. The Balaban J connectivity index is 1.59. The lowest BCUT2D eigenvalue weighted by Crippen LogP contribution is -2.44. The third-order valence-electron chi connectivity index (χ3n) is 6.02. The normalized spacial score (nSPS) is 15.9. The Labute approximate surface area is 175 Å². The Morgan fingerprint density at radius 1 is 1.07 bits per heavy atom. The molecule has 0 fully saturated rings. The van der Waals surface area contributed by atoms with Crippen molar-refractivity contribution in [1.29, 1.82) is 0 Å². The van der Waals surface area contributed by atoms with E-state index in [0.717, 1.165) is 25.0 Å². The molecule has 0 bridgehead atoms. The monoisotopic (exact) mass is 393 g/mol. The quantitative estimate of drug-likeness (QED) is 0.634. The average Bonchev–Trinajstić information content (AvgIpc) is 2.72. The molecular formula is C26H35NO2. The molecule has 1 aliphatic rings. The molecule has 29 heavy (non-hydrogen) atoms. The fraction of sp³-hybridized carbons (Fsp3) is 0.500. The van der Waals surface area contributed by atoms with E-state index >= 15 is 0 Å². The maximum Gasteiger partial charge on any atom is 0.261 e. The average molecular weight is 394 g/mol. The third kappa shape index (κ3) is 5.62. The number of rotatable bonds is 8. The van der Waals surface area contributed by atoms with E-state index in [1.807, 2.05) is 19.1 Å². The number of benzene rings is 2. The summed E-state index contributed by atoms with van der Waals surface area (Å²) in [6, 6.07) is 16.9. The Bertz CT molecular complexity index is 813. The standard InChI is InChI=1S/C26H35NO2/c1-5-24(29-23-16-15-20-11-9-10-12-21(20)17-23)25(28)27-19(2)18-26(3,4)22-13-7-6-8-14-22/h6-8,13-17,19,24H,5,9-12,18H2,1-4H3,(H,27,28)/t19-,24+/m1/s1. The molecule has 1 aliphatic carbocycles. The highest BCUT2D eigenvalue weighted by Crippen LogP contribution is 2.29. The van der Waals surface area contributed by atoms with Crippen LogP contribution in [0, 0.1) is 0 Å². The third-order valence-corrected chi connectivity index (χ3v) is 6.02. The largest absolute Gasteiger partial charge is 0.481 e. The van der Waals surface area contributed by atoms with Gasteiger partial charge in [-0.05, 0) is 79.7 Å². The van der Waals surface area contributed by atoms with Crippen molar-refractivity contribution in [2.45, 2.75) is 83.8 Å². The molecule has 0 saturated heterocycles. The summed E-state index contributed by atoms with van der Waals surface area (Å²) in [5.74, 6) is 0.784. The summed E-state index contributed by atoms with van der Waals surface area (Å²) >= 11 is 0. The molecule has 156 valence electrons. The number of hydrogen-bond donors (Lipinski definition) is 1. The van der Waals surface area contributed by atoms with Crippen LogP contribution in [0.25, 0.3) is 0 Å². The van der Waals surface area contributed by atoms with Crippen molar-refractivity contribution in [3.63, 3.8) is 0 Å². The molecule has 2 atom stereocenters. The van der Waals surface area contributed by atoms with E-state index in [0.29, 0.717) is 6.42 Å². The fourth-order valence-corrected chi connectivity index (χ4v) is 4.43. The van der Waals surface area contributed by atoms with Gasteiger partial charge in [0.1, 0.15) is 5.75 Å². The number of hydrogen-bond acceptors (Lipinski definition) is 2. The molecule has 0 unspecified atom stereocenters. The highest BCUT2D eigenvalue weighted by atomic mass is 16.5. The van der Waals surface area contributed by atoms with Gasteiger partial charge in [-0.1, -0.05) is 57.2 Å². The molecule has 2 aromatic carbocycles. The zero-order chi connectivity index (χ0) is 20.9. The summed E-state index contributed by atoms with van der Waals surface area (Å²) in [7, 11) is 0. The van der Waals surface area contributed by atoms with Crippen molar-refractivity contribution in [1.82, 2.24) is 5.32 Å². The van der Waals surface area contributed by atoms with E-state index in [1.54, 1.807) is 0 Å². The van der Waals surface area contributed by atoms with E-state index in [4.69, 9.17) is 4.74 Å². The first kappa shape index (κ1) is 21.4. The van der Waals surface area contributed by atoms with Crippen LogP contribution in [-0.4, -0.2) is 18.1 Å². The molecule has 3 rings (SSSR count). The van der Waals surface area contributed by atoms with Gasteiger partial charge >= 0.3 is 0 Å². The molecule has 0 radical (unpaired) electrons. The molecule has 0 spiro atoms. The minimum absolute atomic E-state index is 0.00494. The van der Waals surface area contributed by atoms with Crippen LogP contribution in [0.1, 0.15) is 70.1 Å². The molecule has 3 heteroatoms. The van der Waals surface area contributed by atoms with Crippen LogP contribution in [0.3, 0.4) is 0 Å². The van der Waals surface area contributed by atoms with Gasteiger partial charge in [-0.25, -0.2) is 0 Å². The number of carbonyl (C=O) groups is 1. The number of carbonyl (C=O) groups excluding carboxylic acids is 1. The van der Waals surface area contributed by atoms with Crippen LogP contribution in [0.15, 0.2) is 48.5 Å². The maximum absolute atomic E-state index is 12.9. The number of fused-ring (bicyclic) bond motifs is 1. The van der Waals surface area contributed by atoms with E-state index in [-0.39, 0.29) is 17.4 Å². The van der Waals surface area contributed by atoms with Crippen LogP contribution in [0.4, 0.5) is 0 Å². The zero-order valence-corrected chi connectivity index (χ0v) is 18.3. The van der Waals surface area contributed by atoms with Crippen LogP contribution < -0.4 is 10.1 Å². The van der Waals surface area contributed by atoms with Gasteiger partial charge in [-0.15, -0.1) is 0 Å². The van der Waals surface area contributed by atoms with E-state index < -0.39 is 6.10 Å². The van der Waals surface area contributed by atoms with Crippen LogP contribution >= 0.6 is 0 Å². The second kappa shape index (κ2) is 9.47. The van der Waals surface area contributed by atoms with E-state index in [2.05, 4.69) is 62.5 Å². The highest BCUT2D eigenvalue weighted by Gasteiger charge is 2.26. The van der Waals surface area contributed by atoms with Gasteiger partial charge in [-0.2, -0.15) is 0 Å². The zero-order valence-electron chi connectivity index (χ0n) is 18.3. The van der Waals surface area contributed by atoms with Crippen LogP contribution in [0.5, 0.6) is 5.75 Å². The predicted octanol–water partition coefficient (Wildman–Crippen LogP) is 5.60. The van der Waals surface area contributed by atoms with Gasteiger partial charge in [0, 0.05) is 6.04 Å². The maximum atomic E-state index is 12.9. The van der Waals surface area contributed by atoms with Gasteiger partial charge in [0.15, 0.2) is 6.10 Å². The summed E-state index contributed by atoms with van der Waals surface area (Å²) in [5, 5.41) is 3.18. The Hall–Kier alpha value is -2.29. The van der Waals surface area contributed by atoms with E-state index in [1.165, 1.54) is 29.5 Å². The SMILES string of the molecule is CC[C@H](Oc1ccc2c(c1)CCCC2)C(=O)N[C@H](C)CC(C)(C)c1ccccc1. The van der Waals surface area contributed by atoms with Crippen LogP contribution in [0.2, 0.25) is 0 Å². The predicted molar refractivity (Wildman–Crippen MR) is 119 cm³/mol. The summed E-state index contributed by atoms with van der Waals surface area (Å²) in [4.78, 5) is 12.9. The number of aryl methyl sites for hydroxylation is 2. The topological polar surface area (TPSA) is 38.3 Å². The summed E-state index contributed by atoms with van der Waals surface area (Å²) < 4.78 is 6.10. The van der Waals surface area contributed by atoms with Gasteiger partial charge in [0.25, 0.3) is 5.91 Å². The van der Waals surface area contributed by atoms with Crippen molar-refractivity contribution in [3.8, 4) is 5.75 Å². The second-order valence-electron chi connectivity index (χ2n) is 9.02. The fourth-order valence-electron chi connectivity index (χ4n) is 4.43. The number of amides is 1. The molecule has 0 aromatic heterocycles. The smallest absolute Gasteiger partial charge is 0.261 e. The van der Waals surface area contributed by atoms with Gasteiger partial charge in [0.05, 0.1) is 0 Å². The molecule has 0 saturated carbocycles. The summed E-state index contributed by atoms with van der Waals surface area (Å²) in [6.45, 7) is 8.53. The molecule has 3 nitrogen and oxygen atoms in total. The minimum atomic E-state index is -0.459. The first-order valence-electron chi connectivity index (χ1n) is 11.0. The van der Waals surface area contributed by atoms with Gasteiger partial charge in [0.2, 0.25) is 0 Å². The molecule has 2 aromatic rings. The molecular weight excluding hydrogens is 358 g/mol. The van der Waals surface area contributed by atoms with Crippen LogP contribution in [-0.2, 0) is 23.1 Å². The van der Waals surface area contributed by atoms with Gasteiger partial charge in [-0.3, -0.25) is 4.79 Å². The Morgan fingerprint density at radius 3 is 2.45 bits per heavy atom. The number of ether oxygens (including phenoxy) is 1.